The van der Waals surface area contributed by atoms with Crippen LogP contribution < -0.4 is 5.32 Å². The molecule has 16 heavy (non-hydrogen) atoms. The fourth-order valence-electron chi connectivity index (χ4n) is 1.91. The first-order chi connectivity index (χ1) is 7.27. The van der Waals surface area contributed by atoms with Gasteiger partial charge in [-0.2, -0.15) is 0 Å². The number of carbonyl (C=O) groups excluding carboxylic acids is 1. The van der Waals surface area contributed by atoms with E-state index in [0.29, 0.717) is 5.56 Å². The molecule has 1 fully saturated rings. The first-order valence-corrected chi connectivity index (χ1v) is 6.15. The lowest BCUT2D eigenvalue weighted by Crippen LogP contribution is -2.32. The number of thiophene rings is 1. The predicted molar refractivity (Wildman–Crippen MR) is 65.8 cm³/mol. The molecule has 0 bridgehead atoms. The van der Waals surface area contributed by atoms with Gasteiger partial charge in [0.2, 0.25) is 0 Å². The highest BCUT2D eigenvalue weighted by Crippen LogP contribution is 2.19. The minimum Gasteiger partial charge on any atom is -0.317 e. The van der Waals surface area contributed by atoms with E-state index in [9.17, 15) is 9.18 Å². The van der Waals surface area contributed by atoms with Crippen LogP contribution in [0.4, 0.5) is 4.39 Å². The molecule has 1 aliphatic rings. The lowest BCUT2D eigenvalue weighted by atomic mass is 9.90. The third-order valence-electron chi connectivity index (χ3n) is 2.85. The molecule has 5 heteroatoms. The average molecular weight is 264 g/mol. The number of halogens is 2. The number of hydrogen-bond donors (Lipinski definition) is 1. The molecule has 0 atom stereocenters. The minimum atomic E-state index is -0.234. The smallest absolute Gasteiger partial charge is 0.140 e. The van der Waals surface area contributed by atoms with Gasteiger partial charge in [-0.1, -0.05) is 0 Å². The van der Waals surface area contributed by atoms with Crippen LogP contribution >= 0.6 is 23.7 Å². The van der Waals surface area contributed by atoms with E-state index in [1.54, 1.807) is 5.38 Å². The molecule has 1 saturated heterocycles. The summed E-state index contributed by atoms with van der Waals surface area (Å²) in [7, 11) is 0. The van der Waals surface area contributed by atoms with Crippen molar-refractivity contribution >= 4 is 29.5 Å². The predicted octanol–water partition coefficient (Wildman–Crippen LogP) is 2.42. The molecule has 2 heterocycles. The summed E-state index contributed by atoms with van der Waals surface area (Å²) in [5, 5.41) is 6.40. The zero-order valence-corrected chi connectivity index (χ0v) is 10.5. The summed E-state index contributed by atoms with van der Waals surface area (Å²) in [5.74, 6) is 0.0848. The Labute approximate surface area is 105 Å². The second kappa shape index (κ2) is 6.33. The maximum absolute atomic E-state index is 13.1. The summed E-state index contributed by atoms with van der Waals surface area (Å²) in [6, 6.07) is 0. The number of rotatable bonds is 3. The van der Waals surface area contributed by atoms with E-state index in [4.69, 9.17) is 0 Å². The van der Waals surface area contributed by atoms with E-state index in [1.165, 1.54) is 16.7 Å². The van der Waals surface area contributed by atoms with Crippen molar-refractivity contribution in [2.75, 3.05) is 13.1 Å². The van der Waals surface area contributed by atoms with Crippen molar-refractivity contribution in [1.82, 2.24) is 5.32 Å². The van der Waals surface area contributed by atoms with Crippen LogP contribution in [0.3, 0.4) is 0 Å². The zero-order chi connectivity index (χ0) is 10.7. The highest BCUT2D eigenvalue weighted by atomic mass is 35.5. The second-order valence-corrected chi connectivity index (χ2v) is 4.66. The standard InChI is InChI=1S/C11H14FNOS.ClH/c12-10-7-15-6-9(10)5-11(14)8-1-3-13-4-2-8;/h6-8,13H,1-5H2;1H. The molecule has 0 aromatic carbocycles. The number of ketones is 1. The third-order valence-corrected chi connectivity index (χ3v) is 3.61. The molecule has 0 aliphatic carbocycles. The Morgan fingerprint density at radius 3 is 2.69 bits per heavy atom. The summed E-state index contributed by atoms with van der Waals surface area (Å²) in [6.45, 7) is 1.81. The van der Waals surface area contributed by atoms with Crippen molar-refractivity contribution in [1.29, 1.82) is 0 Å². The fourth-order valence-corrected chi connectivity index (χ4v) is 2.61. The molecule has 0 radical (unpaired) electrons. The first kappa shape index (κ1) is 13.6. The molecule has 0 spiro atoms. The molecule has 0 saturated carbocycles. The molecule has 0 unspecified atom stereocenters. The minimum absolute atomic E-state index is 0. The summed E-state index contributed by atoms with van der Waals surface area (Å²) >= 11 is 1.32. The maximum atomic E-state index is 13.1. The van der Waals surface area contributed by atoms with Crippen LogP contribution in [0.15, 0.2) is 10.8 Å². The van der Waals surface area contributed by atoms with Gasteiger partial charge in [0.05, 0.1) is 0 Å². The third kappa shape index (κ3) is 3.27. The molecule has 1 aromatic rings. The Kier molecular flexibility index (Phi) is 5.38. The lowest BCUT2D eigenvalue weighted by Gasteiger charge is -2.21. The number of Topliss-reactive ketones (excluding diaryl/α,β-unsaturated/α-hetero) is 1. The van der Waals surface area contributed by atoms with Crippen LogP contribution in [0.5, 0.6) is 0 Å². The molecule has 1 aliphatic heterocycles. The van der Waals surface area contributed by atoms with Crippen LogP contribution in [0.1, 0.15) is 18.4 Å². The summed E-state index contributed by atoms with van der Waals surface area (Å²) in [5.41, 5.74) is 0.559. The van der Waals surface area contributed by atoms with Gasteiger partial charge in [-0.25, -0.2) is 4.39 Å². The van der Waals surface area contributed by atoms with Crippen molar-refractivity contribution in [3.8, 4) is 0 Å². The van der Waals surface area contributed by atoms with Gasteiger partial charge < -0.3 is 5.32 Å². The highest BCUT2D eigenvalue weighted by molar-refractivity contribution is 7.08. The normalized spacial score (nSPS) is 16.8. The van der Waals surface area contributed by atoms with Crippen molar-refractivity contribution in [3.63, 3.8) is 0 Å². The van der Waals surface area contributed by atoms with Gasteiger partial charge in [0.25, 0.3) is 0 Å². The molecule has 90 valence electrons. The van der Waals surface area contributed by atoms with Crippen LogP contribution in [-0.4, -0.2) is 18.9 Å². The molecule has 1 aromatic heterocycles. The van der Waals surface area contributed by atoms with Crippen LogP contribution in [0, 0.1) is 11.7 Å². The van der Waals surface area contributed by atoms with Crippen molar-refractivity contribution in [2.45, 2.75) is 19.3 Å². The van der Waals surface area contributed by atoms with Crippen LogP contribution in [-0.2, 0) is 11.2 Å². The molecule has 2 rings (SSSR count). The number of carbonyl (C=O) groups is 1. The molecule has 1 N–H and O–H groups in total. The number of piperidine rings is 1. The lowest BCUT2D eigenvalue weighted by molar-refractivity contribution is -0.122. The van der Waals surface area contributed by atoms with Gasteiger partial charge in [0.1, 0.15) is 11.6 Å². The highest BCUT2D eigenvalue weighted by Gasteiger charge is 2.21. The van der Waals surface area contributed by atoms with Gasteiger partial charge in [0.15, 0.2) is 0 Å². The Hall–Kier alpha value is -0.450. The Bertz CT molecular complexity index is 350. The average Bonchev–Trinajstić information content (AvgIpc) is 2.66. The monoisotopic (exact) mass is 263 g/mol. The second-order valence-electron chi connectivity index (χ2n) is 3.91. The number of hydrogen-bond acceptors (Lipinski definition) is 3. The number of nitrogens with one attached hydrogen (secondary N) is 1. The Morgan fingerprint density at radius 2 is 2.12 bits per heavy atom. The van der Waals surface area contributed by atoms with E-state index >= 15 is 0 Å². The molecular formula is C11H15ClFNOS. The Balaban J connectivity index is 0.00000128. The maximum Gasteiger partial charge on any atom is 0.140 e. The zero-order valence-electron chi connectivity index (χ0n) is 8.87. The van der Waals surface area contributed by atoms with Crippen molar-refractivity contribution < 1.29 is 9.18 Å². The summed E-state index contributed by atoms with van der Waals surface area (Å²) in [4.78, 5) is 11.8. The SMILES string of the molecule is Cl.O=C(Cc1cscc1F)C1CCNCC1. The van der Waals surface area contributed by atoms with Gasteiger partial charge in [-0.15, -0.1) is 23.7 Å². The van der Waals surface area contributed by atoms with Crippen LogP contribution in [0.2, 0.25) is 0 Å². The largest absolute Gasteiger partial charge is 0.317 e. The van der Waals surface area contributed by atoms with E-state index in [-0.39, 0.29) is 36.3 Å². The van der Waals surface area contributed by atoms with Gasteiger partial charge >= 0.3 is 0 Å². The van der Waals surface area contributed by atoms with E-state index < -0.39 is 0 Å². The topological polar surface area (TPSA) is 29.1 Å². The van der Waals surface area contributed by atoms with Gasteiger partial charge in [-0.3, -0.25) is 4.79 Å². The van der Waals surface area contributed by atoms with Gasteiger partial charge in [-0.05, 0) is 31.3 Å². The van der Waals surface area contributed by atoms with E-state index in [0.717, 1.165) is 25.9 Å². The van der Waals surface area contributed by atoms with Crippen LogP contribution in [0.25, 0.3) is 0 Å². The molecule has 0 amide bonds. The first-order valence-electron chi connectivity index (χ1n) is 5.21. The Morgan fingerprint density at radius 1 is 1.44 bits per heavy atom. The fraction of sp³-hybridized carbons (Fsp3) is 0.545. The summed E-state index contributed by atoms with van der Waals surface area (Å²) < 4.78 is 13.1. The van der Waals surface area contributed by atoms with E-state index in [1.807, 2.05) is 0 Å². The molecular weight excluding hydrogens is 249 g/mol. The summed E-state index contributed by atoms with van der Waals surface area (Å²) in [6.07, 6.45) is 2.05. The van der Waals surface area contributed by atoms with E-state index in [2.05, 4.69) is 5.32 Å². The van der Waals surface area contributed by atoms with Crippen molar-refractivity contribution in [2.24, 2.45) is 5.92 Å². The molecule has 2 nitrogen and oxygen atoms in total. The van der Waals surface area contributed by atoms with Gasteiger partial charge in [0, 0.05) is 23.3 Å². The quantitative estimate of drug-likeness (QED) is 0.908. The van der Waals surface area contributed by atoms with Crippen molar-refractivity contribution in [3.05, 3.63) is 22.1 Å².